The lowest BCUT2D eigenvalue weighted by molar-refractivity contribution is 0.668. The van der Waals surface area contributed by atoms with E-state index in [0.717, 1.165) is 94.0 Å². The average molecular weight is 807 g/mol. The summed E-state index contributed by atoms with van der Waals surface area (Å²) < 4.78 is 15.5. The van der Waals surface area contributed by atoms with Gasteiger partial charge in [0.05, 0.1) is 11.0 Å². The standard InChI is InChI=1S/C57H34N4O2/c1-4-14-35(15-5-1)37-26-29-43-44-30-27-39(34-52(44)63-51(43)33-37)56-58-55(36-16-6-2-7-17-36)59-57(60-56)46-23-13-25-50-53(46)47-32-38(28-31-49(47)62-50)41-21-12-22-45-42-20-10-11-24-48(42)61(54(41)45)40-18-8-3-9-19-40/h1-34H. The normalized spacial score (nSPS) is 11.8. The first-order valence-corrected chi connectivity index (χ1v) is 21.1. The van der Waals surface area contributed by atoms with E-state index in [1.807, 2.05) is 54.6 Å². The van der Waals surface area contributed by atoms with E-state index < -0.39 is 0 Å². The van der Waals surface area contributed by atoms with Gasteiger partial charge in [0.2, 0.25) is 0 Å². The van der Waals surface area contributed by atoms with E-state index >= 15 is 0 Å². The van der Waals surface area contributed by atoms with E-state index in [1.165, 1.54) is 16.3 Å². The van der Waals surface area contributed by atoms with Gasteiger partial charge in [-0.25, -0.2) is 15.0 Å². The van der Waals surface area contributed by atoms with Gasteiger partial charge in [-0.15, -0.1) is 0 Å². The molecule has 0 spiro atoms. The molecule has 294 valence electrons. The van der Waals surface area contributed by atoms with E-state index in [2.05, 4.69) is 156 Å². The van der Waals surface area contributed by atoms with Crippen molar-refractivity contribution in [1.82, 2.24) is 19.5 Å². The molecule has 0 amide bonds. The highest BCUT2D eigenvalue weighted by Crippen LogP contribution is 2.42. The second kappa shape index (κ2) is 14.0. The molecule has 0 fully saturated rings. The van der Waals surface area contributed by atoms with Crippen molar-refractivity contribution in [2.75, 3.05) is 0 Å². The molecule has 4 heterocycles. The van der Waals surface area contributed by atoms with E-state index in [1.54, 1.807) is 0 Å². The van der Waals surface area contributed by atoms with Crippen LogP contribution in [0.4, 0.5) is 0 Å². The van der Waals surface area contributed by atoms with Crippen LogP contribution in [0.3, 0.4) is 0 Å². The zero-order valence-corrected chi connectivity index (χ0v) is 33.7. The number of rotatable bonds is 6. The van der Waals surface area contributed by atoms with Crippen molar-refractivity contribution in [3.63, 3.8) is 0 Å². The Labute approximate surface area is 361 Å². The first-order valence-electron chi connectivity index (χ1n) is 21.1. The molecule has 0 saturated carbocycles. The van der Waals surface area contributed by atoms with Crippen molar-refractivity contribution in [3.05, 3.63) is 206 Å². The number of para-hydroxylation sites is 3. The van der Waals surface area contributed by atoms with Gasteiger partial charge in [-0.3, -0.25) is 0 Å². The molecule has 13 aromatic rings. The summed E-state index contributed by atoms with van der Waals surface area (Å²) in [5, 5.41) is 6.45. The Hall–Kier alpha value is -8.61. The highest BCUT2D eigenvalue weighted by molar-refractivity contribution is 6.16. The second-order valence-electron chi connectivity index (χ2n) is 15.9. The number of nitrogens with zero attached hydrogens (tertiary/aromatic N) is 4. The number of aromatic nitrogens is 4. The molecule has 6 nitrogen and oxygen atoms in total. The molecule has 0 bridgehead atoms. The van der Waals surface area contributed by atoms with Crippen molar-refractivity contribution < 1.29 is 8.83 Å². The number of hydrogen-bond donors (Lipinski definition) is 0. The molecule has 0 aliphatic carbocycles. The third-order valence-electron chi connectivity index (χ3n) is 12.3. The van der Waals surface area contributed by atoms with Crippen LogP contribution in [0.25, 0.3) is 128 Å². The molecule has 0 N–H and O–H groups in total. The molecule has 0 radical (unpaired) electrons. The molecule has 6 heteroatoms. The maximum absolute atomic E-state index is 6.59. The first kappa shape index (κ1) is 35.2. The Morgan fingerprint density at radius 3 is 1.70 bits per heavy atom. The number of benzene rings is 9. The Morgan fingerprint density at radius 1 is 0.317 bits per heavy atom. The highest BCUT2D eigenvalue weighted by atomic mass is 16.3. The van der Waals surface area contributed by atoms with Crippen molar-refractivity contribution in [1.29, 1.82) is 0 Å². The Morgan fingerprint density at radius 2 is 0.905 bits per heavy atom. The first-order chi connectivity index (χ1) is 31.2. The second-order valence-corrected chi connectivity index (χ2v) is 15.9. The van der Waals surface area contributed by atoms with E-state index in [-0.39, 0.29) is 0 Å². The molecule has 9 aromatic carbocycles. The molecule has 63 heavy (non-hydrogen) atoms. The molecule has 0 aliphatic rings. The number of hydrogen-bond acceptors (Lipinski definition) is 5. The van der Waals surface area contributed by atoms with Gasteiger partial charge in [-0.2, -0.15) is 0 Å². The Kier molecular flexibility index (Phi) is 7.80. The number of furan rings is 2. The summed E-state index contributed by atoms with van der Waals surface area (Å²) in [6.07, 6.45) is 0. The fraction of sp³-hybridized carbons (Fsp3) is 0. The van der Waals surface area contributed by atoms with Crippen LogP contribution in [-0.2, 0) is 0 Å². The third kappa shape index (κ3) is 5.69. The highest BCUT2D eigenvalue weighted by Gasteiger charge is 2.21. The van der Waals surface area contributed by atoms with Crippen molar-refractivity contribution in [3.8, 4) is 62.1 Å². The smallest absolute Gasteiger partial charge is 0.164 e. The zero-order valence-electron chi connectivity index (χ0n) is 33.7. The predicted molar refractivity (Wildman–Crippen MR) is 256 cm³/mol. The van der Waals surface area contributed by atoms with Crippen LogP contribution in [0.15, 0.2) is 215 Å². The lowest BCUT2D eigenvalue weighted by atomic mass is 9.98. The minimum absolute atomic E-state index is 0.553. The fourth-order valence-corrected chi connectivity index (χ4v) is 9.35. The van der Waals surface area contributed by atoms with E-state index in [4.69, 9.17) is 23.8 Å². The van der Waals surface area contributed by atoms with Crippen LogP contribution in [0.1, 0.15) is 0 Å². The summed E-state index contributed by atoms with van der Waals surface area (Å²) >= 11 is 0. The van der Waals surface area contributed by atoms with Crippen LogP contribution < -0.4 is 0 Å². The van der Waals surface area contributed by atoms with E-state index in [0.29, 0.717) is 17.5 Å². The van der Waals surface area contributed by atoms with Crippen molar-refractivity contribution >= 4 is 65.7 Å². The van der Waals surface area contributed by atoms with Gasteiger partial charge in [0.1, 0.15) is 22.3 Å². The molecular weight excluding hydrogens is 773 g/mol. The molecule has 0 saturated heterocycles. The minimum atomic E-state index is 0.553. The summed E-state index contributed by atoms with van der Waals surface area (Å²) in [6.45, 7) is 0. The average Bonchev–Trinajstić information content (AvgIpc) is 4.03. The lowest BCUT2D eigenvalue weighted by Crippen LogP contribution is -2.00. The lowest BCUT2D eigenvalue weighted by Gasteiger charge is -2.12. The van der Waals surface area contributed by atoms with Crippen LogP contribution in [0.2, 0.25) is 0 Å². The summed E-state index contributed by atoms with van der Waals surface area (Å²) in [4.78, 5) is 15.5. The molecular formula is C57H34N4O2. The van der Waals surface area contributed by atoms with Gasteiger partial charge in [0.15, 0.2) is 17.5 Å². The quantitative estimate of drug-likeness (QED) is 0.167. The minimum Gasteiger partial charge on any atom is -0.456 e. The summed E-state index contributed by atoms with van der Waals surface area (Å²) in [5.74, 6) is 1.69. The predicted octanol–water partition coefficient (Wildman–Crippen LogP) is 15.1. The topological polar surface area (TPSA) is 69.9 Å². The largest absolute Gasteiger partial charge is 0.456 e. The molecule has 0 atom stereocenters. The van der Waals surface area contributed by atoms with Gasteiger partial charge >= 0.3 is 0 Å². The Balaban J connectivity index is 0.990. The van der Waals surface area contributed by atoms with E-state index in [9.17, 15) is 0 Å². The fourth-order valence-electron chi connectivity index (χ4n) is 9.35. The monoisotopic (exact) mass is 806 g/mol. The van der Waals surface area contributed by atoms with Gasteiger partial charge < -0.3 is 13.4 Å². The summed E-state index contributed by atoms with van der Waals surface area (Å²) in [6, 6.07) is 71.5. The van der Waals surface area contributed by atoms with Crippen LogP contribution >= 0.6 is 0 Å². The zero-order chi connectivity index (χ0) is 41.4. The maximum Gasteiger partial charge on any atom is 0.164 e. The van der Waals surface area contributed by atoms with Gasteiger partial charge in [-0.1, -0.05) is 146 Å². The molecule has 4 aromatic heterocycles. The molecule has 13 rings (SSSR count). The number of fused-ring (bicyclic) bond motifs is 9. The molecule has 0 unspecified atom stereocenters. The Bertz CT molecular complexity index is 3900. The SMILES string of the molecule is c1ccc(-c2ccc3c(c2)oc2cc(-c4nc(-c5ccccc5)nc(-c5cccc6oc7ccc(-c8cccc9c%10ccccc%10n(-c%10ccccc%10)c89)cc7c56)n4)ccc23)cc1. The maximum atomic E-state index is 6.59. The van der Waals surface area contributed by atoms with Crippen molar-refractivity contribution in [2.24, 2.45) is 0 Å². The van der Waals surface area contributed by atoms with Crippen molar-refractivity contribution in [2.45, 2.75) is 0 Å². The van der Waals surface area contributed by atoms with Crippen LogP contribution in [0, 0.1) is 0 Å². The van der Waals surface area contributed by atoms with Gasteiger partial charge in [0.25, 0.3) is 0 Å². The summed E-state index contributed by atoms with van der Waals surface area (Å²) in [7, 11) is 0. The van der Waals surface area contributed by atoms with Gasteiger partial charge in [-0.05, 0) is 77.4 Å². The summed E-state index contributed by atoms with van der Waals surface area (Å²) in [5.41, 5.74) is 13.7. The molecule has 0 aliphatic heterocycles. The van der Waals surface area contributed by atoms with Crippen LogP contribution in [-0.4, -0.2) is 19.5 Å². The van der Waals surface area contributed by atoms with Gasteiger partial charge in [0, 0.05) is 60.3 Å². The van der Waals surface area contributed by atoms with Crippen LogP contribution in [0.5, 0.6) is 0 Å². The third-order valence-corrected chi connectivity index (χ3v) is 12.3.